The van der Waals surface area contributed by atoms with Crippen molar-refractivity contribution >= 4 is 52.5 Å². The summed E-state index contributed by atoms with van der Waals surface area (Å²) in [7, 11) is 0. The SMILES string of the molecule is Cc1c(Cl)cccc1NC(=O)C(C#N)=Cc1ccc(-c2cccc(Cl)c2Cl)o1. The van der Waals surface area contributed by atoms with Gasteiger partial charge < -0.3 is 9.73 Å². The van der Waals surface area contributed by atoms with Gasteiger partial charge in [0.05, 0.1) is 10.0 Å². The van der Waals surface area contributed by atoms with E-state index in [1.807, 2.05) is 6.07 Å². The van der Waals surface area contributed by atoms with Crippen LogP contribution in [0.5, 0.6) is 0 Å². The van der Waals surface area contributed by atoms with E-state index in [2.05, 4.69) is 5.32 Å². The molecule has 28 heavy (non-hydrogen) atoms. The van der Waals surface area contributed by atoms with Gasteiger partial charge in [-0.3, -0.25) is 4.79 Å². The van der Waals surface area contributed by atoms with Gasteiger partial charge in [0.1, 0.15) is 23.2 Å². The van der Waals surface area contributed by atoms with Gasteiger partial charge in [0.25, 0.3) is 5.91 Å². The van der Waals surface area contributed by atoms with Gasteiger partial charge in [-0.05, 0) is 48.9 Å². The smallest absolute Gasteiger partial charge is 0.266 e. The molecule has 4 nitrogen and oxygen atoms in total. The molecule has 0 bridgehead atoms. The van der Waals surface area contributed by atoms with Crippen molar-refractivity contribution in [1.82, 2.24) is 0 Å². The summed E-state index contributed by atoms with van der Waals surface area (Å²) in [6, 6.07) is 15.6. The predicted octanol–water partition coefficient (Wildman–Crippen LogP) is 6.76. The number of nitriles is 1. The molecule has 2 aromatic carbocycles. The molecule has 140 valence electrons. The lowest BCUT2D eigenvalue weighted by atomic mass is 10.1. The van der Waals surface area contributed by atoms with E-state index < -0.39 is 5.91 Å². The minimum atomic E-state index is -0.563. The molecule has 0 saturated heterocycles. The third kappa shape index (κ3) is 4.23. The van der Waals surface area contributed by atoms with E-state index in [-0.39, 0.29) is 5.57 Å². The summed E-state index contributed by atoms with van der Waals surface area (Å²) in [5.74, 6) is 0.245. The first-order valence-electron chi connectivity index (χ1n) is 8.13. The standard InChI is InChI=1S/C21H13Cl3N2O2/c1-12-16(22)5-3-7-18(12)26-21(27)13(11-25)10-14-8-9-19(28-14)15-4-2-6-17(23)20(15)24/h2-10H,1H3,(H,26,27). The third-order valence-corrected chi connectivity index (χ3v) is 5.24. The van der Waals surface area contributed by atoms with Gasteiger partial charge in [-0.15, -0.1) is 0 Å². The molecule has 0 atom stereocenters. The Morgan fingerprint density at radius 1 is 1.07 bits per heavy atom. The Morgan fingerprint density at radius 2 is 1.79 bits per heavy atom. The third-order valence-electron chi connectivity index (χ3n) is 4.01. The summed E-state index contributed by atoms with van der Waals surface area (Å²) in [6.45, 7) is 1.78. The number of carbonyl (C=O) groups is 1. The summed E-state index contributed by atoms with van der Waals surface area (Å²) in [4.78, 5) is 12.5. The lowest BCUT2D eigenvalue weighted by molar-refractivity contribution is -0.112. The average molecular weight is 432 g/mol. The van der Waals surface area contributed by atoms with Gasteiger partial charge in [0.2, 0.25) is 0 Å². The van der Waals surface area contributed by atoms with Crippen LogP contribution in [0.2, 0.25) is 15.1 Å². The Morgan fingerprint density at radius 3 is 2.54 bits per heavy atom. The van der Waals surface area contributed by atoms with Crippen molar-refractivity contribution in [2.75, 3.05) is 5.32 Å². The number of hydrogen-bond acceptors (Lipinski definition) is 3. The molecule has 0 spiro atoms. The van der Waals surface area contributed by atoms with Crippen LogP contribution in [0.1, 0.15) is 11.3 Å². The summed E-state index contributed by atoms with van der Waals surface area (Å²) < 4.78 is 5.71. The largest absolute Gasteiger partial charge is 0.457 e. The molecule has 3 aromatic rings. The van der Waals surface area contributed by atoms with Gasteiger partial charge in [0, 0.05) is 22.3 Å². The predicted molar refractivity (Wildman–Crippen MR) is 113 cm³/mol. The maximum Gasteiger partial charge on any atom is 0.266 e. The van der Waals surface area contributed by atoms with E-state index in [9.17, 15) is 10.1 Å². The molecular formula is C21H13Cl3N2O2. The van der Waals surface area contributed by atoms with Crippen molar-refractivity contribution in [2.45, 2.75) is 6.92 Å². The average Bonchev–Trinajstić information content (AvgIpc) is 3.14. The quantitative estimate of drug-likeness (QED) is 0.366. The number of amides is 1. The first kappa shape index (κ1) is 20.0. The van der Waals surface area contributed by atoms with Crippen molar-refractivity contribution < 1.29 is 9.21 Å². The second-order valence-electron chi connectivity index (χ2n) is 5.84. The molecule has 0 aliphatic heterocycles. The van der Waals surface area contributed by atoms with Gasteiger partial charge in [0.15, 0.2) is 0 Å². The zero-order valence-corrected chi connectivity index (χ0v) is 16.9. The highest BCUT2D eigenvalue weighted by atomic mass is 35.5. The van der Waals surface area contributed by atoms with Crippen LogP contribution < -0.4 is 5.32 Å². The molecular weight excluding hydrogens is 419 g/mol. The molecule has 0 aliphatic rings. The summed E-state index contributed by atoms with van der Waals surface area (Å²) in [5, 5.41) is 13.4. The molecule has 0 radical (unpaired) electrons. The normalized spacial score (nSPS) is 11.2. The fourth-order valence-electron chi connectivity index (χ4n) is 2.49. The van der Waals surface area contributed by atoms with E-state index in [4.69, 9.17) is 39.2 Å². The zero-order chi connectivity index (χ0) is 20.3. The highest BCUT2D eigenvalue weighted by molar-refractivity contribution is 6.43. The first-order valence-corrected chi connectivity index (χ1v) is 9.26. The second-order valence-corrected chi connectivity index (χ2v) is 7.03. The van der Waals surface area contributed by atoms with E-state index in [0.717, 1.165) is 0 Å². The molecule has 0 saturated carbocycles. The number of halogens is 3. The Labute approximate surface area is 176 Å². The van der Waals surface area contributed by atoms with Crippen molar-refractivity contribution in [2.24, 2.45) is 0 Å². The van der Waals surface area contributed by atoms with Crippen molar-refractivity contribution in [3.05, 3.63) is 80.5 Å². The van der Waals surface area contributed by atoms with Crippen LogP contribution in [0.3, 0.4) is 0 Å². The van der Waals surface area contributed by atoms with Crippen LogP contribution in [-0.2, 0) is 4.79 Å². The van der Waals surface area contributed by atoms with Crippen LogP contribution in [0, 0.1) is 18.3 Å². The fourth-order valence-corrected chi connectivity index (χ4v) is 3.06. The summed E-state index contributed by atoms with van der Waals surface area (Å²) >= 11 is 18.3. The minimum absolute atomic E-state index is 0.113. The Kier molecular flexibility index (Phi) is 6.11. The maximum atomic E-state index is 12.5. The topological polar surface area (TPSA) is 66.0 Å². The van der Waals surface area contributed by atoms with Crippen LogP contribution in [0.4, 0.5) is 5.69 Å². The maximum absolute atomic E-state index is 12.5. The van der Waals surface area contributed by atoms with Crippen LogP contribution in [-0.4, -0.2) is 5.91 Å². The lowest BCUT2D eigenvalue weighted by Crippen LogP contribution is -2.14. The number of furan rings is 1. The van der Waals surface area contributed by atoms with Crippen molar-refractivity contribution in [3.63, 3.8) is 0 Å². The van der Waals surface area contributed by atoms with Gasteiger partial charge in [-0.1, -0.05) is 46.9 Å². The van der Waals surface area contributed by atoms with E-state index in [1.165, 1.54) is 6.08 Å². The number of rotatable bonds is 4. The Balaban J connectivity index is 1.86. The molecule has 0 fully saturated rings. The molecule has 1 heterocycles. The molecule has 7 heteroatoms. The number of nitrogens with one attached hydrogen (secondary N) is 1. The highest BCUT2D eigenvalue weighted by Crippen LogP contribution is 2.34. The molecule has 0 aliphatic carbocycles. The second kappa shape index (κ2) is 8.53. The lowest BCUT2D eigenvalue weighted by Gasteiger charge is -2.08. The van der Waals surface area contributed by atoms with Gasteiger partial charge in [-0.25, -0.2) is 0 Å². The fraction of sp³-hybridized carbons (Fsp3) is 0.0476. The van der Waals surface area contributed by atoms with Gasteiger partial charge >= 0.3 is 0 Å². The monoisotopic (exact) mass is 430 g/mol. The molecule has 0 unspecified atom stereocenters. The molecule has 1 amide bonds. The van der Waals surface area contributed by atoms with Crippen molar-refractivity contribution in [1.29, 1.82) is 5.26 Å². The Bertz CT molecular complexity index is 1130. The number of nitrogens with zero attached hydrogens (tertiary/aromatic N) is 1. The van der Waals surface area contributed by atoms with Crippen LogP contribution in [0.15, 0.2) is 58.5 Å². The number of anilines is 1. The molecule has 1 aromatic heterocycles. The summed E-state index contributed by atoms with van der Waals surface area (Å²) in [6.07, 6.45) is 1.36. The van der Waals surface area contributed by atoms with Crippen LogP contribution >= 0.6 is 34.8 Å². The highest BCUT2D eigenvalue weighted by Gasteiger charge is 2.14. The van der Waals surface area contributed by atoms with E-state index in [1.54, 1.807) is 55.5 Å². The minimum Gasteiger partial charge on any atom is -0.457 e. The van der Waals surface area contributed by atoms with Gasteiger partial charge in [-0.2, -0.15) is 5.26 Å². The summed E-state index contributed by atoms with van der Waals surface area (Å²) in [5.41, 5.74) is 1.75. The molecule has 3 rings (SSSR count). The van der Waals surface area contributed by atoms with E-state index >= 15 is 0 Å². The van der Waals surface area contributed by atoms with Crippen LogP contribution in [0.25, 0.3) is 17.4 Å². The van der Waals surface area contributed by atoms with Crippen molar-refractivity contribution in [3.8, 4) is 17.4 Å². The zero-order valence-electron chi connectivity index (χ0n) is 14.6. The first-order chi connectivity index (χ1) is 13.4. The van der Waals surface area contributed by atoms with E-state index in [0.29, 0.717) is 43.4 Å². The number of benzene rings is 2. The number of carbonyl (C=O) groups excluding carboxylic acids is 1. The molecule has 1 N–H and O–H groups in total. The Hall–Kier alpha value is -2.71. The number of hydrogen-bond donors (Lipinski definition) is 1.